The fourth-order valence-corrected chi connectivity index (χ4v) is 4.59. The molecule has 0 bridgehead atoms. The van der Waals surface area contributed by atoms with Crippen LogP contribution in [0.1, 0.15) is 40.1 Å². The van der Waals surface area contributed by atoms with Crippen LogP contribution in [0.4, 0.5) is 13.2 Å². The zero-order chi connectivity index (χ0) is 30.6. The van der Waals surface area contributed by atoms with Crippen molar-refractivity contribution in [3.05, 3.63) is 97.2 Å². The van der Waals surface area contributed by atoms with Gasteiger partial charge >= 0.3 is 0 Å². The molecule has 0 saturated heterocycles. The minimum atomic E-state index is -3.02. The van der Waals surface area contributed by atoms with Crippen LogP contribution in [0.15, 0.2) is 58.2 Å². The fourth-order valence-electron chi connectivity index (χ4n) is 4.40. The summed E-state index contributed by atoms with van der Waals surface area (Å²) in [6, 6.07) is 2.80. The molecular formula is C26H24ClF3N4O6. The third kappa shape index (κ3) is 5.02. The maximum Gasteiger partial charge on any atom is 0.276 e. The van der Waals surface area contributed by atoms with Gasteiger partial charge in [-0.15, -0.1) is 0 Å². The molecule has 2 aliphatic heterocycles. The molecule has 5 rings (SSSR count). The number of hydrogen-bond acceptors (Lipinski definition) is 8. The predicted molar refractivity (Wildman–Crippen MR) is 136 cm³/mol. The summed E-state index contributed by atoms with van der Waals surface area (Å²) < 4.78 is 78.6. The van der Waals surface area contributed by atoms with E-state index in [-0.39, 0.29) is 30.4 Å². The summed E-state index contributed by atoms with van der Waals surface area (Å²) in [6.45, 7) is -0.397. The van der Waals surface area contributed by atoms with Crippen molar-refractivity contribution in [2.45, 2.75) is 44.4 Å². The quantitative estimate of drug-likeness (QED) is 0.472. The van der Waals surface area contributed by atoms with Gasteiger partial charge in [0.1, 0.15) is 60.0 Å². The van der Waals surface area contributed by atoms with Gasteiger partial charge in [0.25, 0.3) is 11.1 Å². The molecule has 0 radical (unpaired) electrons. The van der Waals surface area contributed by atoms with E-state index in [0.29, 0.717) is 12.3 Å². The van der Waals surface area contributed by atoms with Crippen LogP contribution in [0.5, 0.6) is 11.6 Å². The Morgan fingerprint density at radius 3 is 2.75 bits per heavy atom. The van der Waals surface area contributed by atoms with Gasteiger partial charge in [-0.2, -0.15) is 0 Å². The van der Waals surface area contributed by atoms with Gasteiger partial charge in [-0.3, -0.25) is 23.7 Å². The first-order valence-corrected chi connectivity index (χ1v) is 12.3. The van der Waals surface area contributed by atoms with Gasteiger partial charge < -0.3 is 24.6 Å². The van der Waals surface area contributed by atoms with Crippen molar-refractivity contribution < 1.29 is 35.2 Å². The molecule has 5 heterocycles. The van der Waals surface area contributed by atoms with E-state index in [1.165, 1.54) is 38.4 Å². The standard InChI is InChI=1S/C26H24ClF3N4O6/c1-26(2,37)14-4-3-5-33(24(14)35)23-21(30)22-18(11-32-23)38-6-7-39-19-9-17(20(27)25(36)34(19)22)40-12-16-15(29)8-13(28)10-31-16/h3-5,8-11,21-23,32,37H,6-7,12H2,1-2H3/t21-,22?,23-/m0/s1/i12D2. The lowest BCUT2D eigenvalue weighted by Gasteiger charge is -2.38. The molecular weight excluding hydrogens is 557 g/mol. The summed E-state index contributed by atoms with van der Waals surface area (Å²) >= 11 is 6.28. The number of rotatable bonds is 5. The Balaban J connectivity index is 1.58. The van der Waals surface area contributed by atoms with Crippen molar-refractivity contribution >= 4 is 11.6 Å². The van der Waals surface area contributed by atoms with E-state index in [9.17, 15) is 23.5 Å². The Kier molecular flexibility index (Phi) is 6.60. The van der Waals surface area contributed by atoms with Crippen LogP contribution < -0.4 is 25.9 Å². The third-order valence-electron chi connectivity index (χ3n) is 6.28. The van der Waals surface area contributed by atoms with Crippen molar-refractivity contribution in [1.29, 1.82) is 0 Å². The van der Waals surface area contributed by atoms with Gasteiger partial charge in [0.2, 0.25) is 5.88 Å². The van der Waals surface area contributed by atoms with Crippen LogP contribution in [-0.2, 0) is 16.9 Å². The highest BCUT2D eigenvalue weighted by molar-refractivity contribution is 6.31. The van der Waals surface area contributed by atoms with E-state index >= 15 is 4.39 Å². The van der Waals surface area contributed by atoms with E-state index in [1.54, 1.807) is 0 Å². The van der Waals surface area contributed by atoms with E-state index < -0.39 is 69.8 Å². The minimum Gasteiger partial charge on any atom is -0.491 e. The molecule has 0 saturated carbocycles. The summed E-state index contributed by atoms with van der Waals surface area (Å²) in [5.74, 6) is -3.27. The molecule has 40 heavy (non-hydrogen) atoms. The molecule has 1 unspecified atom stereocenters. The average Bonchev–Trinajstić information content (AvgIpc) is 2.88. The first-order chi connectivity index (χ1) is 19.7. The number of nitrogens with one attached hydrogen (secondary N) is 1. The Morgan fingerprint density at radius 2 is 2.02 bits per heavy atom. The number of hydrogen-bond donors (Lipinski definition) is 2. The van der Waals surface area contributed by atoms with Gasteiger partial charge in [-0.25, -0.2) is 13.2 Å². The molecule has 212 valence electrons. The molecule has 2 aliphatic rings. The number of fused-ring (bicyclic) bond motifs is 3. The number of allylic oxidation sites excluding steroid dienone is 1. The molecule has 10 nitrogen and oxygen atoms in total. The molecule has 0 aliphatic carbocycles. The first-order valence-electron chi connectivity index (χ1n) is 13.0. The number of nitrogens with zero attached hydrogens (tertiary/aromatic N) is 3. The van der Waals surface area contributed by atoms with Crippen molar-refractivity contribution in [3.8, 4) is 11.6 Å². The van der Waals surface area contributed by atoms with Gasteiger partial charge in [-0.05, 0) is 26.0 Å². The van der Waals surface area contributed by atoms with Crippen molar-refractivity contribution in [2.75, 3.05) is 13.2 Å². The van der Waals surface area contributed by atoms with E-state index in [1.807, 2.05) is 0 Å². The maximum absolute atomic E-state index is 16.4. The molecule has 0 aromatic carbocycles. The first kappa shape index (κ1) is 25.0. The molecule has 0 spiro atoms. The lowest BCUT2D eigenvalue weighted by molar-refractivity contribution is 0.0449. The number of ether oxygens (including phenoxy) is 3. The predicted octanol–water partition coefficient (Wildman–Crippen LogP) is 3.07. The topological polar surface area (TPSA) is 117 Å². The summed E-state index contributed by atoms with van der Waals surface area (Å²) in [5, 5.41) is 12.5. The average molecular weight is 583 g/mol. The largest absolute Gasteiger partial charge is 0.491 e. The van der Waals surface area contributed by atoms with Crippen molar-refractivity contribution in [3.63, 3.8) is 0 Å². The summed E-state index contributed by atoms with van der Waals surface area (Å²) in [6.07, 6.45) is -0.210. The molecule has 0 amide bonds. The van der Waals surface area contributed by atoms with Gasteiger partial charge in [0.05, 0.1) is 14.5 Å². The molecule has 2 N–H and O–H groups in total. The van der Waals surface area contributed by atoms with E-state index in [0.717, 1.165) is 15.2 Å². The molecule has 14 heteroatoms. The zero-order valence-corrected chi connectivity index (χ0v) is 21.8. The highest BCUT2D eigenvalue weighted by Gasteiger charge is 2.42. The number of alkyl halides is 1. The van der Waals surface area contributed by atoms with Crippen LogP contribution in [0.3, 0.4) is 0 Å². The van der Waals surface area contributed by atoms with Crippen LogP contribution >= 0.6 is 11.6 Å². The number of aromatic nitrogens is 3. The molecule has 3 aromatic heterocycles. The Hall–Kier alpha value is -3.97. The summed E-state index contributed by atoms with van der Waals surface area (Å²) in [7, 11) is 0. The second kappa shape index (κ2) is 10.5. The van der Waals surface area contributed by atoms with Crippen LogP contribution in [0, 0.1) is 11.6 Å². The normalized spacial score (nSPS) is 21.6. The zero-order valence-electron chi connectivity index (χ0n) is 23.0. The number of aliphatic hydroxyl groups is 1. The number of halogens is 4. The van der Waals surface area contributed by atoms with Crippen molar-refractivity contribution in [2.24, 2.45) is 0 Å². The van der Waals surface area contributed by atoms with Crippen LogP contribution in [0.2, 0.25) is 5.02 Å². The van der Waals surface area contributed by atoms with Gasteiger partial charge in [-0.1, -0.05) is 11.6 Å². The molecule has 3 atom stereocenters. The monoisotopic (exact) mass is 582 g/mol. The minimum absolute atomic E-state index is 0.00906. The fraction of sp³-hybridized carbons (Fsp3) is 0.346. The van der Waals surface area contributed by atoms with Gasteiger partial charge in [0.15, 0.2) is 12.0 Å². The van der Waals surface area contributed by atoms with Crippen LogP contribution in [0.25, 0.3) is 0 Å². The summed E-state index contributed by atoms with van der Waals surface area (Å²) in [5.41, 5.74) is -4.17. The smallest absolute Gasteiger partial charge is 0.276 e. The third-order valence-corrected chi connectivity index (χ3v) is 6.63. The molecule has 0 fully saturated rings. The lowest BCUT2D eigenvalue weighted by Crippen LogP contribution is -2.49. The highest BCUT2D eigenvalue weighted by atomic mass is 35.5. The summed E-state index contributed by atoms with van der Waals surface area (Å²) in [4.78, 5) is 30.1. The second-order valence-corrected chi connectivity index (χ2v) is 9.84. The number of pyridine rings is 3. The van der Waals surface area contributed by atoms with Gasteiger partial charge in [0, 0.05) is 30.1 Å². The highest BCUT2D eigenvalue weighted by Crippen LogP contribution is 2.39. The van der Waals surface area contributed by atoms with E-state index in [2.05, 4.69) is 10.3 Å². The van der Waals surface area contributed by atoms with Crippen LogP contribution in [-0.4, -0.2) is 38.6 Å². The Bertz CT molecular complexity index is 1690. The lowest BCUT2D eigenvalue weighted by atomic mass is 9.99. The maximum atomic E-state index is 16.4. The Morgan fingerprint density at radius 1 is 1.27 bits per heavy atom. The molecule has 3 aromatic rings. The van der Waals surface area contributed by atoms with E-state index in [4.69, 9.17) is 28.6 Å². The SMILES string of the molecule is [2H]C([2H])(Oc1cc2n(c(=O)c1Cl)C1C(=CN[C@@H](n3cccc(C(C)(C)O)c3=O)[C@H]1F)OCCO2)c1ncc(F)cc1F. The van der Waals surface area contributed by atoms with Crippen molar-refractivity contribution in [1.82, 2.24) is 19.4 Å². The second-order valence-electron chi connectivity index (χ2n) is 9.46. The Labute approximate surface area is 233 Å².